The van der Waals surface area contributed by atoms with Gasteiger partial charge in [-0.25, -0.2) is 10.7 Å². The van der Waals surface area contributed by atoms with Gasteiger partial charge >= 0.3 is 5.97 Å². The second-order valence-corrected chi connectivity index (χ2v) is 7.93. The Kier molecular flexibility index (Phi) is 6.42. The summed E-state index contributed by atoms with van der Waals surface area (Å²) in [7, 11) is 0. The number of hydrogen-bond acceptors (Lipinski definition) is 8. The van der Waals surface area contributed by atoms with Crippen molar-refractivity contribution in [3.63, 3.8) is 0 Å². The number of nitrogens with one attached hydrogen (secondary N) is 1. The number of aliphatic hydroxyl groups excluding tert-OH is 1. The minimum absolute atomic E-state index is 0.0886. The van der Waals surface area contributed by atoms with Crippen LogP contribution in [0.25, 0.3) is 0 Å². The molecule has 0 aliphatic carbocycles. The molecule has 1 unspecified atom stereocenters. The lowest BCUT2D eigenvalue weighted by molar-refractivity contribution is -0.179. The standard InChI is InChI=1S/C20H30N4O5/c1-19(29-22,18(26)27)16-6-4-13-11-14(3-5-15(13)28-16)17-23-12-20(24-17,8-10-25)7-2-9-21/h3,5,11,16,25H,2,4,6-10,12,21-22H2,1H3,(H,23,24)(H,26,27)/t16-,19+,20?/m1/s1. The van der Waals surface area contributed by atoms with Crippen LogP contribution < -0.4 is 21.7 Å². The molecule has 1 aromatic rings. The molecule has 0 spiro atoms. The Labute approximate surface area is 170 Å². The molecule has 0 radical (unpaired) electrons. The summed E-state index contributed by atoms with van der Waals surface area (Å²) in [6, 6.07) is 5.73. The number of aliphatic carboxylic acids is 1. The Morgan fingerprint density at radius 1 is 1.48 bits per heavy atom. The monoisotopic (exact) mass is 406 g/mol. The fourth-order valence-corrected chi connectivity index (χ4v) is 3.97. The molecule has 0 fully saturated rings. The van der Waals surface area contributed by atoms with Gasteiger partial charge < -0.3 is 26.0 Å². The molecule has 9 heteroatoms. The summed E-state index contributed by atoms with van der Waals surface area (Å²) in [5, 5.41) is 22.4. The fraction of sp³-hybridized carbons (Fsp3) is 0.600. The average molecular weight is 406 g/mol. The molecule has 9 nitrogen and oxygen atoms in total. The molecule has 2 heterocycles. The highest BCUT2D eigenvalue weighted by atomic mass is 16.7. The summed E-state index contributed by atoms with van der Waals surface area (Å²) in [6.45, 7) is 2.71. The number of carboxylic acids is 1. The zero-order valence-corrected chi connectivity index (χ0v) is 16.7. The van der Waals surface area contributed by atoms with Gasteiger partial charge in [0.15, 0.2) is 0 Å². The lowest BCUT2D eigenvalue weighted by Crippen LogP contribution is -2.54. The quantitative estimate of drug-likeness (QED) is 0.368. The van der Waals surface area contributed by atoms with E-state index in [0.29, 0.717) is 38.1 Å². The molecule has 0 amide bonds. The number of aliphatic hydroxyl groups is 1. The maximum atomic E-state index is 11.5. The predicted octanol–water partition coefficient (Wildman–Crippen LogP) is 0.324. The molecule has 3 rings (SSSR count). The van der Waals surface area contributed by atoms with Gasteiger partial charge in [-0.15, -0.1) is 0 Å². The molecule has 2 aliphatic rings. The van der Waals surface area contributed by atoms with Crippen LogP contribution in [0.2, 0.25) is 0 Å². The lowest BCUT2D eigenvalue weighted by Gasteiger charge is -2.35. The maximum absolute atomic E-state index is 11.5. The molecule has 160 valence electrons. The van der Waals surface area contributed by atoms with Crippen molar-refractivity contribution in [2.45, 2.75) is 56.3 Å². The summed E-state index contributed by atoms with van der Waals surface area (Å²) in [5.41, 5.74) is 5.71. The van der Waals surface area contributed by atoms with Crippen molar-refractivity contribution in [3.8, 4) is 5.75 Å². The third-order valence-electron chi connectivity index (χ3n) is 5.94. The number of nitrogens with zero attached hydrogens (tertiary/aromatic N) is 1. The maximum Gasteiger partial charge on any atom is 0.341 e. The Hall–Kier alpha value is -2.20. The highest BCUT2D eigenvalue weighted by Gasteiger charge is 2.46. The first-order valence-electron chi connectivity index (χ1n) is 9.92. The van der Waals surface area contributed by atoms with Crippen molar-refractivity contribution >= 4 is 11.8 Å². The Morgan fingerprint density at radius 2 is 2.28 bits per heavy atom. The molecular formula is C20H30N4O5. The molecule has 2 aliphatic heterocycles. The number of ether oxygens (including phenoxy) is 1. The predicted molar refractivity (Wildman–Crippen MR) is 108 cm³/mol. The molecule has 7 N–H and O–H groups in total. The van der Waals surface area contributed by atoms with E-state index in [9.17, 15) is 15.0 Å². The minimum Gasteiger partial charge on any atom is -0.486 e. The number of fused-ring (bicyclic) bond motifs is 1. The zero-order chi connectivity index (χ0) is 21.1. The van der Waals surface area contributed by atoms with Crippen molar-refractivity contribution in [2.24, 2.45) is 16.6 Å². The summed E-state index contributed by atoms with van der Waals surface area (Å²) in [6.07, 6.45) is 2.76. The first-order chi connectivity index (χ1) is 13.9. The molecule has 0 saturated heterocycles. The first-order valence-corrected chi connectivity index (χ1v) is 9.92. The van der Waals surface area contributed by atoms with Gasteiger partial charge in [0, 0.05) is 12.2 Å². The van der Waals surface area contributed by atoms with E-state index < -0.39 is 17.7 Å². The van der Waals surface area contributed by atoms with Crippen molar-refractivity contribution in [1.82, 2.24) is 5.32 Å². The van der Waals surface area contributed by atoms with E-state index in [1.165, 1.54) is 6.92 Å². The molecular weight excluding hydrogens is 376 g/mol. The van der Waals surface area contributed by atoms with Gasteiger partial charge in [0.2, 0.25) is 5.60 Å². The number of rotatable bonds is 9. The fourth-order valence-electron chi connectivity index (χ4n) is 3.97. The van der Waals surface area contributed by atoms with Gasteiger partial charge in [-0.1, -0.05) is 0 Å². The van der Waals surface area contributed by atoms with Gasteiger partial charge in [-0.2, -0.15) is 0 Å². The molecule has 29 heavy (non-hydrogen) atoms. The summed E-state index contributed by atoms with van der Waals surface area (Å²) < 4.78 is 5.91. The van der Waals surface area contributed by atoms with E-state index in [4.69, 9.17) is 21.2 Å². The SMILES string of the molecule is C[C@@](ON)(C(=O)O)[C@H]1CCc2cc(C3=NCC(CCO)(CCCN)N3)ccc2O1. The van der Waals surface area contributed by atoms with Crippen molar-refractivity contribution < 1.29 is 24.6 Å². The van der Waals surface area contributed by atoms with E-state index in [-0.39, 0.29) is 12.1 Å². The third-order valence-corrected chi connectivity index (χ3v) is 5.94. The van der Waals surface area contributed by atoms with Crippen LogP contribution in [0.1, 0.15) is 43.7 Å². The van der Waals surface area contributed by atoms with Crippen LogP contribution in [0.15, 0.2) is 23.2 Å². The Morgan fingerprint density at radius 3 is 2.93 bits per heavy atom. The van der Waals surface area contributed by atoms with E-state index in [1.54, 1.807) is 0 Å². The second kappa shape index (κ2) is 8.66. The van der Waals surface area contributed by atoms with Gasteiger partial charge in [0.05, 0.1) is 12.1 Å². The molecule has 0 bridgehead atoms. The van der Waals surface area contributed by atoms with Crippen LogP contribution >= 0.6 is 0 Å². The minimum atomic E-state index is -1.61. The Bertz CT molecular complexity index is 786. The van der Waals surface area contributed by atoms with Crippen molar-refractivity contribution in [1.29, 1.82) is 0 Å². The number of amidine groups is 1. The van der Waals surface area contributed by atoms with Crippen molar-refractivity contribution in [2.75, 3.05) is 19.7 Å². The van der Waals surface area contributed by atoms with Crippen LogP contribution in [0.4, 0.5) is 0 Å². The largest absolute Gasteiger partial charge is 0.486 e. The van der Waals surface area contributed by atoms with E-state index in [0.717, 1.165) is 29.8 Å². The van der Waals surface area contributed by atoms with Gasteiger partial charge in [-0.05, 0) is 69.3 Å². The summed E-state index contributed by atoms with van der Waals surface area (Å²) in [4.78, 5) is 21.0. The van der Waals surface area contributed by atoms with E-state index in [2.05, 4.69) is 10.3 Å². The van der Waals surface area contributed by atoms with Crippen LogP contribution in [-0.4, -0.2) is 59.0 Å². The topological polar surface area (TPSA) is 152 Å². The van der Waals surface area contributed by atoms with Crippen molar-refractivity contribution in [3.05, 3.63) is 29.3 Å². The van der Waals surface area contributed by atoms with Crippen LogP contribution in [-0.2, 0) is 16.1 Å². The molecule has 1 aromatic carbocycles. The normalized spacial score (nSPS) is 25.4. The average Bonchev–Trinajstić information content (AvgIpc) is 3.15. The molecule has 3 atom stereocenters. The van der Waals surface area contributed by atoms with Gasteiger partial charge in [0.1, 0.15) is 17.7 Å². The number of carboxylic acid groups (broad SMARTS) is 1. The smallest absolute Gasteiger partial charge is 0.341 e. The number of carbonyl (C=O) groups is 1. The molecule has 0 saturated carbocycles. The number of aryl methyl sites for hydroxylation is 1. The van der Waals surface area contributed by atoms with Crippen LogP contribution in [0, 0.1) is 0 Å². The highest BCUT2D eigenvalue weighted by molar-refractivity contribution is 6.00. The van der Waals surface area contributed by atoms with E-state index in [1.807, 2.05) is 18.2 Å². The summed E-state index contributed by atoms with van der Waals surface area (Å²) in [5.74, 6) is 5.50. The number of hydrogen-bond donors (Lipinski definition) is 5. The first kappa shape index (κ1) is 21.5. The Balaban J connectivity index is 1.75. The van der Waals surface area contributed by atoms with Crippen LogP contribution in [0.3, 0.4) is 0 Å². The van der Waals surface area contributed by atoms with Gasteiger partial charge in [-0.3, -0.25) is 9.83 Å². The second-order valence-electron chi connectivity index (χ2n) is 7.93. The number of aliphatic imine (C=N–C) groups is 1. The van der Waals surface area contributed by atoms with E-state index >= 15 is 0 Å². The highest BCUT2D eigenvalue weighted by Crippen LogP contribution is 2.34. The van der Waals surface area contributed by atoms with Gasteiger partial charge in [0.25, 0.3) is 0 Å². The zero-order valence-electron chi connectivity index (χ0n) is 16.7. The number of nitrogens with two attached hydrogens (primary N) is 2. The lowest BCUT2D eigenvalue weighted by atomic mass is 9.89. The number of benzene rings is 1. The van der Waals surface area contributed by atoms with Crippen LogP contribution in [0.5, 0.6) is 5.75 Å². The molecule has 0 aromatic heterocycles. The third kappa shape index (κ3) is 4.23. The summed E-state index contributed by atoms with van der Waals surface area (Å²) >= 11 is 0.